The van der Waals surface area contributed by atoms with E-state index in [1.165, 1.54) is 18.3 Å². The smallest absolute Gasteiger partial charge is 0.264 e. The molecule has 1 N–H and O–H groups in total. The van der Waals surface area contributed by atoms with Crippen LogP contribution in [0, 0.1) is 0 Å². The van der Waals surface area contributed by atoms with Gasteiger partial charge < -0.3 is 4.74 Å². The fourth-order valence-corrected chi connectivity index (χ4v) is 5.07. The predicted molar refractivity (Wildman–Crippen MR) is 145 cm³/mol. The number of nitrogens with zero attached hydrogens (tertiary/aromatic N) is 2. The van der Waals surface area contributed by atoms with E-state index in [-0.39, 0.29) is 4.90 Å². The van der Waals surface area contributed by atoms with Crippen molar-refractivity contribution in [2.24, 2.45) is 5.10 Å². The lowest BCUT2D eigenvalue weighted by atomic mass is 10.2. The number of carbonyl (C=O) groups excluding carboxylic acids is 1. The van der Waals surface area contributed by atoms with Crippen molar-refractivity contribution in [2.45, 2.75) is 11.5 Å². The van der Waals surface area contributed by atoms with Crippen molar-refractivity contribution >= 4 is 39.4 Å². The monoisotopic (exact) mass is 533 g/mol. The lowest BCUT2D eigenvalue weighted by Crippen LogP contribution is -2.39. The van der Waals surface area contributed by atoms with E-state index in [1.54, 1.807) is 78.9 Å². The number of benzene rings is 4. The molecule has 4 aromatic rings. The number of ether oxygens (including phenoxy) is 1. The first-order valence-corrected chi connectivity index (χ1v) is 13.2. The van der Waals surface area contributed by atoms with Crippen LogP contribution in [0.15, 0.2) is 119 Å². The van der Waals surface area contributed by atoms with E-state index in [0.717, 1.165) is 15.4 Å². The summed E-state index contributed by atoms with van der Waals surface area (Å²) in [6.45, 7) is -0.0529. The Kier molecular flexibility index (Phi) is 8.56. The Labute approximate surface area is 221 Å². The van der Waals surface area contributed by atoms with E-state index < -0.39 is 22.5 Å². The van der Waals surface area contributed by atoms with Gasteiger partial charge in [0.05, 0.1) is 16.8 Å². The number of hydrazone groups is 1. The summed E-state index contributed by atoms with van der Waals surface area (Å²) in [7, 11) is -3.96. The van der Waals surface area contributed by atoms with Gasteiger partial charge >= 0.3 is 0 Å². The van der Waals surface area contributed by atoms with Crippen LogP contribution in [0.25, 0.3) is 0 Å². The van der Waals surface area contributed by atoms with Gasteiger partial charge in [0.15, 0.2) is 0 Å². The van der Waals surface area contributed by atoms with Crippen LogP contribution < -0.4 is 14.5 Å². The zero-order valence-corrected chi connectivity index (χ0v) is 21.3. The summed E-state index contributed by atoms with van der Waals surface area (Å²) in [6.07, 6.45) is 1.47. The van der Waals surface area contributed by atoms with E-state index in [0.29, 0.717) is 23.1 Å². The maximum Gasteiger partial charge on any atom is 0.264 e. The molecule has 0 heterocycles. The molecule has 7 nitrogen and oxygen atoms in total. The molecule has 0 aliphatic carbocycles. The van der Waals surface area contributed by atoms with Crippen LogP contribution >= 0.6 is 11.6 Å². The van der Waals surface area contributed by atoms with Crippen LogP contribution in [0.5, 0.6) is 5.75 Å². The fourth-order valence-electron chi connectivity index (χ4n) is 3.42. The molecule has 0 saturated heterocycles. The summed E-state index contributed by atoms with van der Waals surface area (Å²) < 4.78 is 33.3. The highest BCUT2D eigenvalue weighted by Crippen LogP contribution is 2.23. The molecule has 0 fully saturated rings. The van der Waals surface area contributed by atoms with Crippen molar-refractivity contribution in [3.05, 3.63) is 125 Å². The van der Waals surface area contributed by atoms with Crippen molar-refractivity contribution in [1.29, 1.82) is 0 Å². The van der Waals surface area contributed by atoms with Gasteiger partial charge in [0, 0.05) is 5.02 Å². The second kappa shape index (κ2) is 12.2. The SMILES string of the molecule is O=C(CN(c1ccccc1)S(=O)(=O)c1ccccc1)N/N=C\c1ccc(OCc2cccc(Cl)c2)cc1. The van der Waals surface area contributed by atoms with Crippen LogP contribution in [-0.2, 0) is 21.4 Å². The van der Waals surface area contributed by atoms with Gasteiger partial charge in [-0.15, -0.1) is 0 Å². The number of rotatable bonds is 10. The summed E-state index contributed by atoms with van der Waals surface area (Å²) in [5.74, 6) is 0.0897. The molecular weight excluding hydrogens is 510 g/mol. The van der Waals surface area contributed by atoms with Crippen LogP contribution in [-0.4, -0.2) is 27.1 Å². The number of para-hydroxylation sites is 1. The van der Waals surface area contributed by atoms with Crippen LogP contribution in [0.3, 0.4) is 0 Å². The molecule has 0 spiro atoms. The molecule has 37 heavy (non-hydrogen) atoms. The second-order valence-corrected chi connectivity index (χ2v) is 10.2. The minimum Gasteiger partial charge on any atom is -0.489 e. The zero-order valence-electron chi connectivity index (χ0n) is 19.7. The number of halogens is 1. The van der Waals surface area contributed by atoms with Gasteiger partial charge in [-0.1, -0.05) is 60.1 Å². The molecule has 0 bridgehead atoms. The highest BCUT2D eigenvalue weighted by Gasteiger charge is 2.26. The molecule has 1 amide bonds. The van der Waals surface area contributed by atoms with Gasteiger partial charge in [-0.2, -0.15) is 5.10 Å². The highest BCUT2D eigenvalue weighted by molar-refractivity contribution is 7.92. The number of hydrogen-bond donors (Lipinski definition) is 1. The molecule has 188 valence electrons. The maximum absolute atomic E-state index is 13.2. The van der Waals surface area contributed by atoms with Gasteiger partial charge in [0.2, 0.25) is 0 Å². The largest absolute Gasteiger partial charge is 0.489 e. The molecule has 4 rings (SSSR count). The van der Waals surface area contributed by atoms with Crippen molar-refractivity contribution in [2.75, 3.05) is 10.8 Å². The lowest BCUT2D eigenvalue weighted by Gasteiger charge is -2.23. The Bertz CT molecular complexity index is 1460. The third kappa shape index (κ3) is 7.19. The Morgan fingerprint density at radius 2 is 1.57 bits per heavy atom. The Balaban J connectivity index is 1.37. The van der Waals surface area contributed by atoms with Crippen LogP contribution in [0.4, 0.5) is 5.69 Å². The molecule has 4 aromatic carbocycles. The first-order chi connectivity index (χ1) is 17.9. The molecule has 0 aliphatic rings. The number of amides is 1. The van der Waals surface area contributed by atoms with Crippen molar-refractivity contribution < 1.29 is 17.9 Å². The molecule has 0 radical (unpaired) electrons. The quantitative estimate of drug-likeness (QED) is 0.222. The van der Waals surface area contributed by atoms with Crippen LogP contribution in [0.1, 0.15) is 11.1 Å². The Morgan fingerprint density at radius 3 is 2.24 bits per heavy atom. The minimum atomic E-state index is -3.96. The summed E-state index contributed by atoms with van der Waals surface area (Å²) in [4.78, 5) is 12.7. The molecule has 0 saturated carbocycles. The number of nitrogens with one attached hydrogen (secondary N) is 1. The zero-order chi connectivity index (χ0) is 26.1. The topological polar surface area (TPSA) is 88.1 Å². The molecule has 0 aliphatic heterocycles. The molecule has 0 aromatic heterocycles. The summed E-state index contributed by atoms with van der Waals surface area (Å²) in [5, 5.41) is 4.63. The van der Waals surface area contributed by atoms with Gasteiger partial charge in [0.25, 0.3) is 15.9 Å². The average Bonchev–Trinajstić information content (AvgIpc) is 2.92. The Hall–Kier alpha value is -4.14. The minimum absolute atomic E-state index is 0.0906. The normalized spacial score (nSPS) is 11.3. The Morgan fingerprint density at radius 1 is 0.892 bits per heavy atom. The first-order valence-electron chi connectivity index (χ1n) is 11.3. The van der Waals surface area contributed by atoms with Crippen LogP contribution in [0.2, 0.25) is 5.02 Å². The second-order valence-electron chi connectivity index (χ2n) is 7.94. The number of sulfonamides is 1. The van der Waals surface area contributed by atoms with Gasteiger partial charge in [-0.05, 0) is 71.8 Å². The number of anilines is 1. The van der Waals surface area contributed by atoms with E-state index in [1.807, 2.05) is 18.2 Å². The maximum atomic E-state index is 13.2. The van der Waals surface area contributed by atoms with E-state index >= 15 is 0 Å². The first kappa shape index (κ1) is 25.9. The highest BCUT2D eigenvalue weighted by atomic mass is 35.5. The van der Waals surface area contributed by atoms with Crippen molar-refractivity contribution in [1.82, 2.24) is 5.43 Å². The number of carbonyl (C=O) groups is 1. The van der Waals surface area contributed by atoms with Crippen molar-refractivity contribution in [3.8, 4) is 5.75 Å². The third-order valence-corrected chi connectivity index (χ3v) is 7.26. The number of hydrogen-bond acceptors (Lipinski definition) is 5. The van der Waals surface area contributed by atoms with E-state index in [2.05, 4.69) is 10.5 Å². The standard InChI is InChI=1S/C28H24ClN3O4S/c29-24-9-7-8-23(18-24)21-36-26-16-14-22(15-17-26)19-30-31-28(33)20-32(25-10-3-1-4-11-25)37(34,35)27-12-5-2-6-13-27/h1-19H,20-21H2,(H,31,33)/b30-19-. The fraction of sp³-hybridized carbons (Fsp3) is 0.0714. The lowest BCUT2D eigenvalue weighted by molar-refractivity contribution is -0.119. The van der Waals surface area contributed by atoms with E-state index in [4.69, 9.17) is 16.3 Å². The van der Waals surface area contributed by atoms with Gasteiger partial charge in [-0.25, -0.2) is 13.8 Å². The summed E-state index contributed by atoms with van der Waals surface area (Å²) in [5.41, 5.74) is 4.46. The van der Waals surface area contributed by atoms with Gasteiger partial charge in [-0.3, -0.25) is 9.10 Å². The van der Waals surface area contributed by atoms with Crippen molar-refractivity contribution in [3.63, 3.8) is 0 Å². The van der Waals surface area contributed by atoms with Gasteiger partial charge in [0.1, 0.15) is 18.9 Å². The molecule has 0 unspecified atom stereocenters. The molecular formula is C28H24ClN3O4S. The predicted octanol–water partition coefficient (Wildman–Crippen LogP) is 5.26. The average molecular weight is 534 g/mol. The molecule has 0 atom stereocenters. The summed E-state index contributed by atoms with van der Waals surface area (Å²) in [6, 6.07) is 31.0. The summed E-state index contributed by atoms with van der Waals surface area (Å²) >= 11 is 5.99. The third-order valence-electron chi connectivity index (χ3n) is 5.24. The molecule has 9 heteroatoms. The van der Waals surface area contributed by atoms with E-state index in [9.17, 15) is 13.2 Å².